The summed E-state index contributed by atoms with van der Waals surface area (Å²) in [6.45, 7) is 2.34. The summed E-state index contributed by atoms with van der Waals surface area (Å²) in [5.74, 6) is -0.632. The van der Waals surface area contributed by atoms with Gasteiger partial charge in [-0.1, -0.05) is 19.1 Å². The van der Waals surface area contributed by atoms with Crippen molar-refractivity contribution < 1.29 is 12.8 Å². The number of benzene rings is 1. The maximum absolute atomic E-state index is 13.4. The van der Waals surface area contributed by atoms with Gasteiger partial charge in [0.15, 0.2) is 0 Å². The van der Waals surface area contributed by atoms with E-state index in [0.717, 1.165) is 12.1 Å². The Morgan fingerprint density at radius 2 is 2.20 bits per heavy atom. The highest BCUT2D eigenvalue weighted by Crippen LogP contribution is 2.15. The second kappa shape index (κ2) is 7.35. The molecule has 0 aromatic heterocycles. The van der Waals surface area contributed by atoms with Gasteiger partial charge in [0.25, 0.3) is 0 Å². The van der Waals surface area contributed by atoms with Crippen LogP contribution in [-0.4, -0.2) is 31.5 Å². The molecule has 0 heterocycles. The van der Waals surface area contributed by atoms with Crippen molar-refractivity contribution in [3.05, 3.63) is 29.6 Å². The molecule has 3 N–H and O–H groups in total. The number of thioether (sulfide) groups is 1. The Kier molecular flexibility index (Phi) is 6.38. The minimum atomic E-state index is -3.68. The Labute approximate surface area is 128 Å². The molecule has 0 bridgehead atoms. The number of hydrogen-bond donors (Lipinski definition) is 2. The molecule has 0 aliphatic heterocycles. The highest BCUT2D eigenvalue weighted by atomic mass is 32.2. The molecule has 0 aliphatic carbocycles. The van der Waals surface area contributed by atoms with Crippen molar-refractivity contribution in [3.63, 3.8) is 0 Å². The van der Waals surface area contributed by atoms with E-state index in [2.05, 4.69) is 16.9 Å². The molecule has 0 aliphatic rings. The summed E-state index contributed by atoms with van der Waals surface area (Å²) in [4.78, 5) is -0.214. The van der Waals surface area contributed by atoms with Crippen molar-refractivity contribution in [2.45, 2.75) is 23.5 Å². The van der Waals surface area contributed by atoms with Crippen molar-refractivity contribution >= 4 is 39.0 Å². The number of rotatable bonds is 7. The van der Waals surface area contributed by atoms with Gasteiger partial charge in [0.05, 0.1) is 4.90 Å². The van der Waals surface area contributed by atoms with Crippen molar-refractivity contribution in [2.75, 3.05) is 12.8 Å². The molecule has 20 heavy (non-hydrogen) atoms. The molecular formula is C12H17FN2O2S3. The average molecular weight is 336 g/mol. The van der Waals surface area contributed by atoms with E-state index in [9.17, 15) is 12.8 Å². The van der Waals surface area contributed by atoms with Gasteiger partial charge in [-0.25, -0.2) is 17.5 Å². The maximum Gasteiger partial charge on any atom is 0.240 e. The second-order valence-electron chi connectivity index (χ2n) is 4.24. The molecule has 1 unspecified atom stereocenters. The molecule has 1 aromatic carbocycles. The molecule has 0 saturated carbocycles. The van der Waals surface area contributed by atoms with Crippen LogP contribution in [0, 0.1) is 5.82 Å². The van der Waals surface area contributed by atoms with Gasteiger partial charge in [-0.15, -0.1) is 0 Å². The first-order valence-corrected chi connectivity index (χ1v) is 9.07. The van der Waals surface area contributed by atoms with Gasteiger partial charge in [0.2, 0.25) is 10.0 Å². The van der Waals surface area contributed by atoms with Gasteiger partial charge in [0, 0.05) is 17.4 Å². The van der Waals surface area contributed by atoms with E-state index in [4.69, 9.17) is 5.73 Å². The van der Waals surface area contributed by atoms with Crippen LogP contribution < -0.4 is 10.5 Å². The SMILES string of the molecule is CSC(C)CCNS(=O)(=O)c1ccc(F)c(C(N)=S)c1. The summed E-state index contributed by atoms with van der Waals surface area (Å²) in [6, 6.07) is 3.39. The van der Waals surface area contributed by atoms with Gasteiger partial charge >= 0.3 is 0 Å². The minimum Gasteiger partial charge on any atom is -0.389 e. The van der Waals surface area contributed by atoms with Crippen LogP contribution in [0.1, 0.15) is 18.9 Å². The first-order chi connectivity index (χ1) is 9.27. The lowest BCUT2D eigenvalue weighted by molar-refractivity contribution is 0.578. The third-order valence-corrected chi connectivity index (χ3v) is 5.48. The molecular weight excluding hydrogens is 319 g/mol. The number of sulfonamides is 1. The molecule has 0 spiro atoms. The minimum absolute atomic E-state index is 0.0431. The Hall–Kier alpha value is -0.700. The number of thiocarbonyl (C=S) groups is 1. The van der Waals surface area contributed by atoms with E-state index in [1.807, 2.05) is 13.2 Å². The standard InChI is InChI=1S/C12H17FN2O2S3/c1-8(19-2)5-6-15-20(16,17)9-3-4-11(13)10(7-9)12(14)18/h3-4,7-8,15H,5-6H2,1-2H3,(H2,14,18). The molecule has 1 aromatic rings. The number of hydrogen-bond acceptors (Lipinski definition) is 4. The fraction of sp³-hybridized carbons (Fsp3) is 0.417. The highest BCUT2D eigenvalue weighted by molar-refractivity contribution is 7.99. The van der Waals surface area contributed by atoms with Crippen LogP contribution in [0.15, 0.2) is 23.1 Å². The third kappa shape index (κ3) is 4.69. The number of nitrogens with one attached hydrogen (secondary N) is 1. The lowest BCUT2D eigenvalue weighted by Crippen LogP contribution is -2.26. The van der Waals surface area contributed by atoms with Crippen molar-refractivity contribution in [1.82, 2.24) is 4.72 Å². The molecule has 1 atom stereocenters. The molecule has 1 rings (SSSR count). The summed E-state index contributed by atoms with van der Waals surface area (Å²) in [5, 5.41) is 0.359. The van der Waals surface area contributed by atoms with Gasteiger partial charge in [-0.2, -0.15) is 11.8 Å². The zero-order chi connectivity index (χ0) is 15.3. The van der Waals surface area contributed by atoms with Crippen LogP contribution in [0.4, 0.5) is 4.39 Å². The van der Waals surface area contributed by atoms with Crippen LogP contribution in [0.25, 0.3) is 0 Å². The monoisotopic (exact) mass is 336 g/mol. The van der Waals surface area contributed by atoms with E-state index in [-0.39, 0.29) is 15.4 Å². The summed E-state index contributed by atoms with van der Waals surface area (Å²) in [7, 11) is -3.68. The van der Waals surface area contributed by atoms with Gasteiger partial charge in [-0.3, -0.25) is 0 Å². The Morgan fingerprint density at radius 1 is 1.55 bits per heavy atom. The first kappa shape index (κ1) is 17.4. The fourth-order valence-corrected chi connectivity index (χ4v) is 3.04. The lowest BCUT2D eigenvalue weighted by atomic mass is 10.2. The molecule has 4 nitrogen and oxygen atoms in total. The smallest absolute Gasteiger partial charge is 0.240 e. The zero-order valence-corrected chi connectivity index (χ0v) is 13.7. The molecule has 0 saturated heterocycles. The number of halogens is 1. The van der Waals surface area contributed by atoms with E-state index in [1.54, 1.807) is 11.8 Å². The van der Waals surface area contributed by atoms with Crippen molar-refractivity contribution in [1.29, 1.82) is 0 Å². The number of nitrogens with two attached hydrogens (primary N) is 1. The Balaban J connectivity index is 2.88. The van der Waals surface area contributed by atoms with Crippen LogP contribution in [0.3, 0.4) is 0 Å². The van der Waals surface area contributed by atoms with Crippen molar-refractivity contribution in [2.24, 2.45) is 5.73 Å². The second-order valence-corrected chi connectivity index (χ2v) is 7.72. The highest BCUT2D eigenvalue weighted by Gasteiger charge is 2.17. The summed E-state index contributed by atoms with van der Waals surface area (Å²) < 4.78 is 40.0. The van der Waals surface area contributed by atoms with Crippen LogP contribution in [-0.2, 0) is 10.0 Å². The molecule has 0 amide bonds. The summed E-state index contributed by atoms with van der Waals surface area (Å²) in [5.41, 5.74) is 5.29. The Bertz CT molecular complexity index is 590. The normalized spacial score (nSPS) is 13.2. The zero-order valence-electron chi connectivity index (χ0n) is 11.2. The quantitative estimate of drug-likeness (QED) is 0.744. The predicted octanol–water partition coefficient (Wildman–Crippen LogP) is 1.88. The summed E-state index contributed by atoms with van der Waals surface area (Å²) >= 11 is 6.35. The van der Waals surface area contributed by atoms with Gasteiger partial charge in [-0.05, 0) is 30.9 Å². The third-order valence-electron chi connectivity index (χ3n) is 2.76. The molecule has 112 valence electrons. The van der Waals surface area contributed by atoms with Crippen LogP contribution in [0.2, 0.25) is 0 Å². The molecule has 0 radical (unpaired) electrons. The van der Waals surface area contributed by atoms with E-state index in [1.165, 1.54) is 6.07 Å². The predicted molar refractivity (Wildman–Crippen MR) is 85.1 cm³/mol. The topological polar surface area (TPSA) is 72.2 Å². The van der Waals surface area contributed by atoms with E-state index in [0.29, 0.717) is 18.2 Å². The lowest BCUT2D eigenvalue weighted by Gasteiger charge is -2.11. The van der Waals surface area contributed by atoms with Crippen LogP contribution in [0.5, 0.6) is 0 Å². The largest absolute Gasteiger partial charge is 0.389 e. The van der Waals surface area contributed by atoms with E-state index < -0.39 is 15.8 Å². The van der Waals surface area contributed by atoms with Crippen molar-refractivity contribution in [3.8, 4) is 0 Å². The maximum atomic E-state index is 13.4. The van der Waals surface area contributed by atoms with E-state index >= 15 is 0 Å². The Morgan fingerprint density at radius 3 is 2.75 bits per heavy atom. The van der Waals surface area contributed by atoms with Gasteiger partial charge in [0.1, 0.15) is 10.8 Å². The van der Waals surface area contributed by atoms with Gasteiger partial charge < -0.3 is 5.73 Å². The molecule has 0 fully saturated rings. The van der Waals surface area contributed by atoms with Crippen LogP contribution >= 0.6 is 24.0 Å². The fourth-order valence-electron chi connectivity index (χ4n) is 1.46. The average Bonchev–Trinajstić information content (AvgIpc) is 2.38. The summed E-state index contributed by atoms with van der Waals surface area (Å²) in [6.07, 6.45) is 2.68. The molecule has 8 heteroatoms. The first-order valence-electron chi connectivity index (χ1n) is 5.89.